The van der Waals surface area contributed by atoms with Crippen molar-refractivity contribution in [1.82, 2.24) is 14.8 Å². The molecule has 2 aromatic carbocycles. The molecular weight excluding hydrogens is 484 g/mol. The first-order valence-corrected chi connectivity index (χ1v) is 14.6. The first-order chi connectivity index (χ1) is 17.7. The number of fused-ring (bicyclic) bond motifs is 1. The van der Waals surface area contributed by atoms with Gasteiger partial charge in [0.15, 0.2) is 15.5 Å². The van der Waals surface area contributed by atoms with Gasteiger partial charge in [-0.15, -0.1) is 0 Å². The lowest BCUT2D eigenvalue weighted by Crippen LogP contribution is -2.15. The molecule has 1 aliphatic rings. The van der Waals surface area contributed by atoms with E-state index in [1.807, 2.05) is 56.3 Å². The summed E-state index contributed by atoms with van der Waals surface area (Å²) >= 11 is 0. The maximum absolute atomic E-state index is 13.6. The molecule has 2 aromatic heterocycles. The molecule has 37 heavy (non-hydrogen) atoms. The van der Waals surface area contributed by atoms with Crippen molar-refractivity contribution in [3.63, 3.8) is 0 Å². The zero-order chi connectivity index (χ0) is 26.2. The normalized spacial score (nSPS) is 16.8. The Bertz CT molecular complexity index is 1560. The number of unbranched alkanes of at least 4 members (excludes halogenated alkanes) is 1. The molecule has 4 aromatic rings. The van der Waals surface area contributed by atoms with Crippen LogP contribution >= 0.6 is 0 Å². The molecule has 1 unspecified atom stereocenters. The molecule has 0 saturated carbocycles. The van der Waals surface area contributed by atoms with E-state index in [9.17, 15) is 13.2 Å². The lowest BCUT2D eigenvalue weighted by atomic mass is 10.0. The highest BCUT2D eigenvalue weighted by Crippen LogP contribution is 2.32. The van der Waals surface area contributed by atoms with Gasteiger partial charge < -0.3 is 5.32 Å². The third-order valence-corrected chi connectivity index (χ3v) is 8.76. The molecule has 0 spiro atoms. The number of sulfone groups is 1. The van der Waals surface area contributed by atoms with E-state index in [1.165, 1.54) is 5.56 Å². The largest absolute Gasteiger partial charge is 0.322 e. The monoisotopic (exact) mass is 516 g/mol. The number of aryl methyl sites for hydroxylation is 3. The summed E-state index contributed by atoms with van der Waals surface area (Å²) in [5, 5.41) is 8.38. The highest BCUT2D eigenvalue weighted by atomic mass is 32.2. The summed E-state index contributed by atoms with van der Waals surface area (Å²) in [4.78, 5) is 18.5. The van der Waals surface area contributed by atoms with E-state index in [0.717, 1.165) is 36.1 Å². The molecule has 7 nitrogen and oxygen atoms in total. The third-order valence-electron chi connectivity index (χ3n) is 7.01. The Balaban J connectivity index is 1.58. The van der Waals surface area contributed by atoms with Crippen LogP contribution in [0.15, 0.2) is 54.6 Å². The molecule has 0 radical (unpaired) electrons. The van der Waals surface area contributed by atoms with Crippen molar-refractivity contribution in [2.45, 2.75) is 52.5 Å². The fraction of sp³-hybridized carbons (Fsp3) is 0.345. The first kappa shape index (κ1) is 25.1. The fourth-order valence-electron chi connectivity index (χ4n) is 4.92. The number of carbonyl (C=O) groups is 1. The van der Waals surface area contributed by atoms with Gasteiger partial charge in [-0.05, 0) is 56.9 Å². The summed E-state index contributed by atoms with van der Waals surface area (Å²) in [7, 11) is -3.11. The van der Waals surface area contributed by atoms with E-state index in [1.54, 1.807) is 4.68 Å². The van der Waals surface area contributed by atoms with Crippen LogP contribution in [0, 0.1) is 13.8 Å². The van der Waals surface area contributed by atoms with Crippen molar-refractivity contribution in [3.8, 4) is 11.3 Å². The van der Waals surface area contributed by atoms with Crippen molar-refractivity contribution >= 4 is 32.5 Å². The number of nitrogens with one attached hydrogen (secondary N) is 1. The van der Waals surface area contributed by atoms with E-state index in [0.29, 0.717) is 34.4 Å². The van der Waals surface area contributed by atoms with Gasteiger partial charge >= 0.3 is 0 Å². The number of hydrogen-bond donors (Lipinski definition) is 1. The average molecular weight is 517 g/mol. The van der Waals surface area contributed by atoms with Gasteiger partial charge in [0, 0.05) is 11.3 Å². The maximum Gasteiger partial charge on any atom is 0.256 e. The molecule has 1 aliphatic heterocycles. The summed E-state index contributed by atoms with van der Waals surface area (Å²) in [6.07, 6.45) is 3.78. The molecule has 1 N–H and O–H groups in total. The van der Waals surface area contributed by atoms with Gasteiger partial charge in [-0.25, -0.2) is 18.1 Å². The highest BCUT2D eigenvalue weighted by Gasteiger charge is 2.32. The van der Waals surface area contributed by atoms with Crippen LogP contribution in [-0.2, 0) is 16.3 Å². The van der Waals surface area contributed by atoms with E-state index in [2.05, 4.69) is 29.5 Å². The second-order valence-corrected chi connectivity index (χ2v) is 12.2. The van der Waals surface area contributed by atoms with Crippen molar-refractivity contribution in [2.24, 2.45) is 0 Å². The van der Waals surface area contributed by atoms with Gasteiger partial charge in [0.1, 0.15) is 0 Å². The van der Waals surface area contributed by atoms with Gasteiger partial charge in [-0.3, -0.25) is 4.79 Å². The lowest BCUT2D eigenvalue weighted by Gasteiger charge is -2.13. The number of benzene rings is 2. The number of amides is 1. The molecule has 1 atom stereocenters. The smallest absolute Gasteiger partial charge is 0.256 e. The van der Waals surface area contributed by atoms with Gasteiger partial charge in [0.25, 0.3) is 5.91 Å². The Hall–Kier alpha value is -3.52. The highest BCUT2D eigenvalue weighted by molar-refractivity contribution is 7.91. The number of nitrogens with zero attached hydrogens (tertiary/aromatic N) is 3. The fourth-order valence-corrected chi connectivity index (χ4v) is 6.61. The topological polar surface area (TPSA) is 93.9 Å². The summed E-state index contributed by atoms with van der Waals surface area (Å²) in [6, 6.07) is 17.5. The van der Waals surface area contributed by atoms with Gasteiger partial charge in [0.2, 0.25) is 0 Å². The van der Waals surface area contributed by atoms with Crippen molar-refractivity contribution in [1.29, 1.82) is 0 Å². The summed E-state index contributed by atoms with van der Waals surface area (Å²) < 4.78 is 26.1. The van der Waals surface area contributed by atoms with Crippen LogP contribution in [0.2, 0.25) is 0 Å². The van der Waals surface area contributed by atoms with Crippen LogP contribution in [0.25, 0.3) is 22.3 Å². The van der Waals surface area contributed by atoms with Crippen LogP contribution in [0.1, 0.15) is 59.4 Å². The van der Waals surface area contributed by atoms with E-state index >= 15 is 0 Å². The zero-order valence-electron chi connectivity index (χ0n) is 21.5. The number of pyridine rings is 1. The number of carbonyl (C=O) groups excluding carboxylic acids is 1. The average Bonchev–Trinajstić information content (AvgIpc) is 3.42. The SMILES string of the molecule is CCCCc1ccc(NC(=O)c2cc(-c3ccc(C)cc3)nc3c2c(C)nn3C2CCS(=O)(=O)C2)cc1. The molecule has 8 heteroatoms. The Kier molecular flexibility index (Phi) is 6.86. The quantitative estimate of drug-likeness (QED) is 0.342. The predicted molar refractivity (Wildman–Crippen MR) is 148 cm³/mol. The molecule has 1 amide bonds. The van der Waals surface area contributed by atoms with E-state index in [-0.39, 0.29) is 23.5 Å². The number of anilines is 1. The Labute approximate surface area is 217 Å². The molecule has 1 fully saturated rings. The molecule has 0 aliphatic carbocycles. The molecular formula is C29H32N4O3S. The van der Waals surface area contributed by atoms with E-state index < -0.39 is 9.84 Å². The van der Waals surface area contributed by atoms with E-state index in [4.69, 9.17) is 4.98 Å². The summed E-state index contributed by atoms with van der Waals surface area (Å²) in [5.41, 5.74) is 6.29. The van der Waals surface area contributed by atoms with Gasteiger partial charge in [0.05, 0.1) is 39.9 Å². The molecule has 5 rings (SSSR count). The minimum Gasteiger partial charge on any atom is -0.322 e. The predicted octanol–water partition coefficient (Wildman–Crippen LogP) is 5.67. The second-order valence-electron chi connectivity index (χ2n) is 9.96. The Morgan fingerprint density at radius 1 is 1.08 bits per heavy atom. The lowest BCUT2D eigenvalue weighted by molar-refractivity contribution is 0.102. The molecule has 3 heterocycles. The summed E-state index contributed by atoms with van der Waals surface area (Å²) in [5.74, 6) is -0.0770. The number of hydrogen-bond acceptors (Lipinski definition) is 5. The minimum absolute atomic E-state index is 0.0333. The van der Waals surface area contributed by atoms with Crippen LogP contribution in [0.3, 0.4) is 0 Å². The minimum atomic E-state index is -3.11. The van der Waals surface area contributed by atoms with Crippen molar-refractivity contribution in [2.75, 3.05) is 16.8 Å². The van der Waals surface area contributed by atoms with Crippen molar-refractivity contribution < 1.29 is 13.2 Å². The first-order valence-electron chi connectivity index (χ1n) is 12.8. The molecule has 1 saturated heterocycles. The number of rotatable bonds is 7. The third kappa shape index (κ3) is 5.30. The molecule has 192 valence electrons. The van der Waals surface area contributed by atoms with Crippen LogP contribution < -0.4 is 5.32 Å². The van der Waals surface area contributed by atoms with Crippen LogP contribution in [0.4, 0.5) is 5.69 Å². The van der Waals surface area contributed by atoms with Gasteiger partial charge in [-0.1, -0.05) is 55.3 Å². The number of aromatic nitrogens is 3. The maximum atomic E-state index is 13.6. The Morgan fingerprint density at radius 2 is 1.81 bits per heavy atom. The summed E-state index contributed by atoms with van der Waals surface area (Å²) in [6.45, 7) is 6.03. The van der Waals surface area contributed by atoms with Crippen LogP contribution in [-0.4, -0.2) is 40.6 Å². The molecule has 0 bridgehead atoms. The van der Waals surface area contributed by atoms with Crippen LogP contribution in [0.5, 0.6) is 0 Å². The second kappa shape index (κ2) is 10.1. The Morgan fingerprint density at radius 3 is 2.46 bits per heavy atom. The van der Waals surface area contributed by atoms with Crippen molar-refractivity contribution in [3.05, 3.63) is 77.0 Å². The standard InChI is InChI=1S/C29H32N4O3S/c1-4-5-6-21-9-13-23(14-10-21)30-29(34)25-17-26(22-11-7-19(2)8-12-22)31-28-27(25)20(3)32-33(28)24-15-16-37(35,36)18-24/h7-14,17,24H,4-6,15-16,18H2,1-3H3,(H,30,34). The van der Waals surface area contributed by atoms with Gasteiger partial charge in [-0.2, -0.15) is 5.10 Å². The zero-order valence-corrected chi connectivity index (χ0v) is 22.3.